The second-order valence-electron chi connectivity index (χ2n) is 5.83. The third-order valence-corrected chi connectivity index (χ3v) is 5.32. The van der Waals surface area contributed by atoms with Gasteiger partial charge in [-0.25, -0.2) is 0 Å². The SMILES string of the molecule is CCC(CSC)N(C)C(=O)C1(CN)CCCCCC1. The fraction of sp³-hybridized carbons (Fsp3) is 0.933. The lowest BCUT2D eigenvalue weighted by molar-refractivity contribution is -0.143. The lowest BCUT2D eigenvalue weighted by Crippen LogP contribution is -2.50. The number of rotatable bonds is 6. The van der Waals surface area contributed by atoms with E-state index in [0.717, 1.165) is 37.9 Å². The minimum absolute atomic E-state index is 0.281. The normalized spacial score (nSPS) is 20.6. The number of hydrogen-bond donors (Lipinski definition) is 1. The summed E-state index contributed by atoms with van der Waals surface area (Å²) in [5, 5.41) is 0. The summed E-state index contributed by atoms with van der Waals surface area (Å²) >= 11 is 1.81. The molecule has 1 unspecified atom stereocenters. The number of thioether (sulfide) groups is 1. The lowest BCUT2D eigenvalue weighted by Gasteiger charge is -2.37. The van der Waals surface area contributed by atoms with Gasteiger partial charge in [0.1, 0.15) is 0 Å². The van der Waals surface area contributed by atoms with Gasteiger partial charge >= 0.3 is 0 Å². The zero-order chi connectivity index (χ0) is 14.3. The maximum Gasteiger partial charge on any atom is 0.230 e. The topological polar surface area (TPSA) is 46.3 Å². The predicted octanol–water partition coefficient (Wildman–Crippen LogP) is 2.89. The van der Waals surface area contributed by atoms with Gasteiger partial charge in [0, 0.05) is 25.4 Å². The molecule has 2 N–H and O–H groups in total. The molecule has 4 heteroatoms. The van der Waals surface area contributed by atoms with Gasteiger partial charge in [-0.2, -0.15) is 11.8 Å². The van der Waals surface area contributed by atoms with Gasteiger partial charge < -0.3 is 10.6 Å². The molecular weight excluding hydrogens is 256 g/mol. The summed E-state index contributed by atoms with van der Waals surface area (Å²) in [6.07, 6.45) is 9.87. The third kappa shape index (κ3) is 4.12. The van der Waals surface area contributed by atoms with Gasteiger partial charge in [-0.15, -0.1) is 0 Å². The van der Waals surface area contributed by atoms with Crippen LogP contribution in [0, 0.1) is 5.41 Å². The van der Waals surface area contributed by atoms with Crippen molar-refractivity contribution in [3.63, 3.8) is 0 Å². The van der Waals surface area contributed by atoms with E-state index in [2.05, 4.69) is 13.2 Å². The highest BCUT2D eigenvalue weighted by Gasteiger charge is 2.40. The van der Waals surface area contributed by atoms with Crippen LogP contribution in [-0.4, -0.2) is 42.4 Å². The van der Waals surface area contributed by atoms with Crippen molar-refractivity contribution in [2.45, 2.75) is 57.9 Å². The fourth-order valence-corrected chi connectivity index (χ4v) is 3.99. The van der Waals surface area contributed by atoms with E-state index in [0.29, 0.717) is 12.6 Å². The van der Waals surface area contributed by atoms with Crippen LogP contribution in [0.1, 0.15) is 51.9 Å². The molecule has 0 aromatic heterocycles. The van der Waals surface area contributed by atoms with Gasteiger partial charge in [-0.05, 0) is 25.5 Å². The molecule has 1 fully saturated rings. The number of carbonyl (C=O) groups excluding carboxylic acids is 1. The van der Waals surface area contributed by atoms with E-state index in [4.69, 9.17) is 5.73 Å². The summed E-state index contributed by atoms with van der Waals surface area (Å²) in [6, 6.07) is 0.342. The Bertz CT molecular complexity index is 275. The van der Waals surface area contributed by atoms with Crippen LogP contribution in [0.15, 0.2) is 0 Å². The highest BCUT2D eigenvalue weighted by molar-refractivity contribution is 7.98. The molecule has 0 bridgehead atoms. The van der Waals surface area contributed by atoms with Crippen LogP contribution in [0.4, 0.5) is 0 Å². The minimum Gasteiger partial charge on any atom is -0.341 e. The van der Waals surface area contributed by atoms with Gasteiger partial charge in [0.15, 0.2) is 0 Å². The number of nitrogens with zero attached hydrogens (tertiary/aromatic N) is 1. The van der Waals surface area contributed by atoms with Gasteiger partial charge in [0.25, 0.3) is 0 Å². The van der Waals surface area contributed by atoms with Crippen molar-refractivity contribution in [1.29, 1.82) is 0 Å². The summed E-state index contributed by atoms with van der Waals surface area (Å²) in [5.74, 6) is 1.30. The van der Waals surface area contributed by atoms with E-state index in [-0.39, 0.29) is 11.3 Å². The highest BCUT2D eigenvalue weighted by Crippen LogP contribution is 2.36. The maximum atomic E-state index is 12.9. The van der Waals surface area contributed by atoms with Crippen molar-refractivity contribution >= 4 is 17.7 Å². The third-order valence-electron chi connectivity index (χ3n) is 4.60. The van der Waals surface area contributed by atoms with Gasteiger partial charge in [0.05, 0.1) is 5.41 Å². The maximum absolute atomic E-state index is 12.9. The Morgan fingerprint density at radius 2 is 1.89 bits per heavy atom. The summed E-state index contributed by atoms with van der Waals surface area (Å²) in [4.78, 5) is 14.9. The molecule has 0 radical (unpaired) electrons. The lowest BCUT2D eigenvalue weighted by atomic mass is 9.78. The molecule has 3 nitrogen and oxygen atoms in total. The molecule has 1 saturated carbocycles. The number of nitrogens with two attached hydrogens (primary N) is 1. The molecule has 0 spiro atoms. The molecule has 1 atom stereocenters. The zero-order valence-electron chi connectivity index (χ0n) is 12.8. The van der Waals surface area contributed by atoms with Crippen molar-refractivity contribution in [2.75, 3.05) is 25.6 Å². The van der Waals surface area contributed by atoms with E-state index in [1.165, 1.54) is 12.8 Å². The first-order valence-electron chi connectivity index (χ1n) is 7.57. The molecule has 1 aliphatic rings. The van der Waals surface area contributed by atoms with E-state index in [1.807, 2.05) is 23.7 Å². The molecule has 0 aliphatic heterocycles. The molecule has 19 heavy (non-hydrogen) atoms. The number of amides is 1. The van der Waals surface area contributed by atoms with Crippen LogP contribution in [-0.2, 0) is 4.79 Å². The Balaban J connectivity index is 2.80. The van der Waals surface area contributed by atoms with Crippen LogP contribution in [0.5, 0.6) is 0 Å². The summed E-state index contributed by atoms with van der Waals surface area (Å²) < 4.78 is 0. The standard InChI is InChI=1S/C15H30N2OS/c1-4-13(11-19-3)17(2)14(18)15(12-16)9-7-5-6-8-10-15/h13H,4-12,16H2,1-3H3. The highest BCUT2D eigenvalue weighted by atomic mass is 32.2. The van der Waals surface area contributed by atoms with E-state index < -0.39 is 0 Å². The summed E-state index contributed by atoms with van der Waals surface area (Å²) in [6.45, 7) is 2.67. The Kier molecular flexibility index (Phi) is 7.22. The Hall–Kier alpha value is -0.220. The van der Waals surface area contributed by atoms with Gasteiger partial charge in [0.2, 0.25) is 5.91 Å². The van der Waals surface area contributed by atoms with E-state index in [1.54, 1.807) is 0 Å². The number of carbonyl (C=O) groups is 1. The van der Waals surface area contributed by atoms with E-state index >= 15 is 0 Å². The molecule has 112 valence electrons. The Labute approximate surface area is 122 Å². The van der Waals surface area contributed by atoms with Gasteiger partial charge in [-0.3, -0.25) is 4.79 Å². The monoisotopic (exact) mass is 286 g/mol. The molecule has 0 aromatic rings. The van der Waals surface area contributed by atoms with Crippen LogP contribution >= 0.6 is 11.8 Å². The molecule has 1 rings (SSSR count). The minimum atomic E-state index is -0.281. The number of hydrogen-bond acceptors (Lipinski definition) is 3. The average Bonchev–Trinajstić information content (AvgIpc) is 2.69. The quantitative estimate of drug-likeness (QED) is 0.764. The van der Waals surface area contributed by atoms with Crippen molar-refractivity contribution in [1.82, 2.24) is 4.90 Å². The molecule has 0 saturated heterocycles. The first-order chi connectivity index (χ1) is 9.11. The Morgan fingerprint density at radius 3 is 2.32 bits per heavy atom. The molecule has 1 aliphatic carbocycles. The van der Waals surface area contributed by atoms with E-state index in [9.17, 15) is 4.79 Å². The average molecular weight is 286 g/mol. The second kappa shape index (κ2) is 8.15. The molecular formula is C15H30N2OS. The first-order valence-corrected chi connectivity index (χ1v) is 8.97. The predicted molar refractivity (Wildman–Crippen MR) is 84.4 cm³/mol. The second-order valence-corrected chi connectivity index (χ2v) is 6.74. The molecule has 1 amide bonds. The van der Waals surface area contributed by atoms with Crippen molar-refractivity contribution in [3.8, 4) is 0 Å². The first kappa shape index (κ1) is 16.8. The fourth-order valence-electron chi connectivity index (χ4n) is 3.15. The van der Waals surface area contributed by atoms with Crippen molar-refractivity contribution < 1.29 is 4.79 Å². The Morgan fingerprint density at radius 1 is 1.32 bits per heavy atom. The molecule has 0 aromatic carbocycles. The van der Waals surface area contributed by atoms with Crippen LogP contribution < -0.4 is 5.73 Å². The van der Waals surface area contributed by atoms with Gasteiger partial charge in [-0.1, -0.05) is 32.6 Å². The van der Waals surface area contributed by atoms with Crippen LogP contribution in [0.3, 0.4) is 0 Å². The van der Waals surface area contributed by atoms with Crippen molar-refractivity contribution in [3.05, 3.63) is 0 Å². The largest absolute Gasteiger partial charge is 0.341 e. The van der Waals surface area contributed by atoms with Crippen LogP contribution in [0.25, 0.3) is 0 Å². The summed E-state index contributed by atoms with van der Waals surface area (Å²) in [7, 11) is 1.97. The zero-order valence-corrected chi connectivity index (χ0v) is 13.6. The molecule has 0 heterocycles. The van der Waals surface area contributed by atoms with Crippen LogP contribution in [0.2, 0.25) is 0 Å². The summed E-state index contributed by atoms with van der Waals surface area (Å²) in [5.41, 5.74) is 5.73. The van der Waals surface area contributed by atoms with Crippen molar-refractivity contribution in [2.24, 2.45) is 11.1 Å². The smallest absolute Gasteiger partial charge is 0.230 e.